The zero-order chi connectivity index (χ0) is 21.4. The molecule has 0 saturated heterocycles. The van der Waals surface area contributed by atoms with Crippen LogP contribution in [0.25, 0.3) is 16.8 Å². The van der Waals surface area contributed by atoms with Crippen molar-refractivity contribution in [3.05, 3.63) is 72.3 Å². The van der Waals surface area contributed by atoms with Gasteiger partial charge in [0.25, 0.3) is 0 Å². The number of rotatable bonds is 4. The lowest BCUT2D eigenvalue weighted by Crippen LogP contribution is -2.15. The molecule has 3 rings (SSSR count). The van der Waals surface area contributed by atoms with Gasteiger partial charge in [0.1, 0.15) is 11.5 Å². The molecule has 0 saturated carbocycles. The Morgan fingerprint density at radius 3 is 2.45 bits per heavy atom. The number of nitrogen functional groups attached to an aromatic ring is 1. The molecule has 4 N–H and O–H groups in total. The summed E-state index contributed by atoms with van der Waals surface area (Å²) in [6.45, 7) is 3.89. The quantitative estimate of drug-likeness (QED) is 0.667. The third-order valence-electron chi connectivity index (χ3n) is 3.95. The van der Waals surface area contributed by atoms with Gasteiger partial charge in [0.05, 0.1) is 22.3 Å². The maximum absolute atomic E-state index is 13.2. The third kappa shape index (κ3) is 4.41. The van der Waals surface area contributed by atoms with Crippen LogP contribution >= 0.6 is 0 Å². The number of pyridine rings is 1. The molecule has 29 heavy (non-hydrogen) atoms. The molecule has 0 amide bonds. The Bertz CT molecular complexity index is 1200. The second-order valence-corrected chi connectivity index (χ2v) is 7.56. The summed E-state index contributed by atoms with van der Waals surface area (Å²) in [6.07, 6.45) is -0.588. The smallest absolute Gasteiger partial charge is 0.382 e. The van der Waals surface area contributed by atoms with Gasteiger partial charge < -0.3 is 5.73 Å². The highest BCUT2D eigenvalue weighted by Crippen LogP contribution is 2.34. The number of benzene rings is 1. The predicted molar refractivity (Wildman–Crippen MR) is 101 cm³/mol. The van der Waals surface area contributed by atoms with Gasteiger partial charge in [-0.1, -0.05) is 12.6 Å². The maximum Gasteiger partial charge on any atom is 0.416 e. The van der Waals surface area contributed by atoms with Crippen LogP contribution in [0.5, 0.6) is 0 Å². The molecule has 1 aromatic carbocycles. The normalized spacial score (nSPS) is 12.0. The van der Waals surface area contributed by atoms with E-state index in [4.69, 9.17) is 10.9 Å². The molecule has 0 atom stereocenters. The molecule has 0 aliphatic rings. The van der Waals surface area contributed by atoms with Crippen LogP contribution in [0.2, 0.25) is 0 Å². The Labute approximate surface area is 164 Å². The fraction of sp³-hybridized carbons (Fsp3) is 0.0556. The van der Waals surface area contributed by atoms with Gasteiger partial charge in [-0.2, -0.15) is 13.2 Å². The number of sulfonamides is 1. The number of hydrogen-bond acceptors (Lipinski definition) is 6. The third-order valence-corrected chi connectivity index (χ3v) is 4.85. The first kappa shape index (κ1) is 20.4. The van der Waals surface area contributed by atoms with E-state index in [-0.39, 0.29) is 22.8 Å². The van der Waals surface area contributed by atoms with Gasteiger partial charge in [-0.3, -0.25) is 4.98 Å². The van der Waals surface area contributed by atoms with Gasteiger partial charge in [-0.25, -0.2) is 23.5 Å². The van der Waals surface area contributed by atoms with Gasteiger partial charge in [-0.15, -0.1) is 0 Å². The van der Waals surface area contributed by atoms with E-state index in [1.807, 2.05) is 0 Å². The van der Waals surface area contributed by atoms with Gasteiger partial charge in [0.15, 0.2) is 0 Å². The Morgan fingerprint density at radius 2 is 1.86 bits per heavy atom. The molecule has 2 heterocycles. The minimum absolute atomic E-state index is 0.00116. The molecule has 3 aromatic rings. The van der Waals surface area contributed by atoms with Gasteiger partial charge in [0.2, 0.25) is 10.0 Å². The topological polar surface area (TPSA) is 125 Å². The summed E-state index contributed by atoms with van der Waals surface area (Å²) < 4.78 is 63.0. The predicted octanol–water partition coefficient (Wildman–Crippen LogP) is 2.85. The summed E-state index contributed by atoms with van der Waals surface area (Å²) in [5.74, 6) is 0.00116. The van der Waals surface area contributed by atoms with E-state index >= 15 is 0 Å². The summed E-state index contributed by atoms with van der Waals surface area (Å²) >= 11 is 0. The maximum atomic E-state index is 13.2. The minimum atomic E-state index is -4.79. The molecule has 0 spiro atoms. The zero-order valence-corrected chi connectivity index (χ0v) is 15.5. The first-order valence-electron chi connectivity index (χ1n) is 7.94. The number of hydrogen-bond donors (Lipinski definition) is 2. The van der Waals surface area contributed by atoms with Gasteiger partial charge in [-0.05, 0) is 24.3 Å². The molecule has 0 fully saturated rings. The van der Waals surface area contributed by atoms with Crippen LogP contribution in [0.4, 0.5) is 19.0 Å². The summed E-state index contributed by atoms with van der Waals surface area (Å²) in [5.41, 5.74) is 5.55. The van der Waals surface area contributed by atoms with Crippen LogP contribution < -0.4 is 10.9 Å². The lowest BCUT2D eigenvalue weighted by Gasteiger charge is -2.13. The number of nitrogens with two attached hydrogens (primary N) is 2. The average Bonchev–Trinajstić information content (AvgIpc) is 2.67. The molecule has 0 radical (unpaired) electrons. The van der Waals surface area contributed by atoms with Crippen molar-refractivity contribution in [3.8, 4) is 11.3 Å². The number of anilines is 1. The van der Waals surface area contributed by atoms with Gasteiger partial charge in [0, 0.05) is 29.1 Å². The van der Waals surface area contributed by atoms with Crippen molar-refractivity contribution in [2.45, 2.75) is 11.1 Å². The average molecular weight is 421 g/mol. The summed E-state index contributed by atoms with van der Waals surface area (Å²) in [5, 5.41) is 5.02. The van der Waals surface area contributed by atoms with Crippen molar-refractivity contribution in [1.82, 2.24) is 15.0 Å². The monoisotopic (exact) mass is 421 g/mol. The van der Waals surface area contributed by atoms with E-state index in [1.165, 1.54) is 6.20 Å². The highest BCUT2D eigenvalue weighted by Gasteiger charge is 2.32. The van der Waals surface area contributed by atoms with Crippen molar-refractivity contribution in [1.29, 1.82) is 0 Å². The van der Waals surface area contributed by atoms with Crippen molar-refractivity contribution < 1.29 is 21.6 Å². The molecule has 150 valence electrons. The number of nitrogens with zero attached hydrogens (tertiary/aromatic N) is 3. The number of aromatic nitrogens is 3. The summed E-state index contributed by atoms with van der Waals surface area (Å²) in [7, 11) is -4.39. The number of halogens is 3. The molecule has 0 unspecified atom stereocenters. The Kier molecular flexibility index (Phi) is 5.11. The number of primary sulfonamides is 1. The van der Waals surface area contributed by atoms with Crippen LogP contribution in [-0.4, -0.2) is 23.4 Å². The van der Waals surface area contributed by atoms with E-state index in [0.29, 0.717) is 17.2 Å². The lowest BCUT2D eigenvalue weighted by molar-refractivity contribution is -0.137. The van der Waals surface area contributed by atoms with E-state index < -0.39 is 26.7 Å². The first-order valence-corrected chi connectivity index (χ1v) is 9.49. The van der Waals surface area contributed by atoms with Crippen LogP contribution in [0.3, 0.4) is 0 Å². The molecule has 11 heteroatoms. The largest absolute Gasteiger partial charge is 0.416 e. The highest BCUT2D eigenvalue weighted by atomic mass is 32.2. The highest BCUT2D eigenvalue weighted by molar-refractivity contribution is 7.89. The van der Waals surface area contributed by atoms with Crippen LogP contribution in [-0.2, 0) is 16.2 Å². The summed E-state index contributed by atoms with van der Waals surface area (Å²) in [6, 6.07) is 5.57. The van der Waals surface area contributed by atoms with Crippen molar-refractivity contribution >= 4 is 21.4 Å². The molecule has 0 bridgehead atoms. The van der Waals surface area contributed by atoms with E-state index in [0.717, 1.165) is 18.3 Å². The van der Waals surface area contributed by atoms with Gasteiger partial charge >= 0.3 is 6.18 Å². The van der Waals surface area contributed by atoms with E-state index in [9.17, 15) is 21.6 Å². The van der Waals surface area contributed by atoms with Crippen molar-refractivity contribution in [2.75, 3.05) is 5.73 Å². The molecule has 2 aromatic heterocycles. The molecule has 0 aliphatic carbocycles. The van der Waals surface area contributed by atoms with Crippen molar-refractivity contribution in [3.63, 3.8) is 0 Å². The summed E-state index contributed by atoms with van der Waals surface area (Å²) in [4.78, 5) is 11.5. The second kappa shape index (κ2) is 7.26. The minimum Gasteiger partial charge on any atom is -0.382 e. The SMILES string of the molecule is C=C(c1cccnc1)c1nc(-c2cc(C(F)(F)F)cc(S(N)(=O)=O)c2)cnc1N. The Morgan fingerprint density at radius 1 is 1.14 bits per heavy atom. The molecule has 0 aliphatic heterocycles. The Balaban J connectivity index is 2.18. The van der Waals surface area contributed by atoms with Crippen LogP contribution in [0.1, 0.15) is 16.8 Å². The van der Waals surface area contributed by atoms with Crippen molar-refractivity contribution in [2.24, 2.45) is 5.14 Å². The molecular formula is C18H14F3N5O2S. The first-order chi connectivity index (χ1) is 13.5. The second-order valence-electron chi connectivity index (χ2n) is 6.00. The van der Waals surface area contributed by atoms with Crippen LogP contribution in [0.15, 0.2) is 60.4 Å². The zero-order valence-electron chi connectivity index (χ0n) is 14.7. The molecular weight excluding hydrogens is 407 g/mol. The fourth-order valence-electron chi connectivity index (χ4n) is 2.51. The Hall–Kier alpha value is -3.31. The van der Waals surface area contributed by atoms with E-state index in [1.54, 1.807) is 18.3 Å². The lowest BCUT2D eigenvalue weighted by atomic mass is 10.0. The van der Waals surface area contributed by atoms with Crippen LogP contribution in [0, 0.1) is 0 Å². The fourth-order valence-corrected chi connectivity index (χ4v) is 3.09. The van der Waals surface area contributed by atoms with E-state index in [2.05, 4.69) is 21.5 Å². The number of alkyl halides is 3. The standard InChI is InChI=1S/C18H14F3N5O2S/c1-10(11-3-2-4-24-8-11)16-17(22)25-9-15(26-16)12-5-13(18(19,20)21)7-14(6-12)29(23,27)28/h2-9H,1H2,(H2,22,25)(H2,23,27,28). The molecule has 7 nitrogen and oxygen atoms in total.